The lowest BCUT2D eigenvalue weighted by atomic mass is 10.2. The summed E-state index contributed by atoms with van der Waals surface area (Å²) in [6.07, 6.45) is 0.686. The Morgan fingerprint density at radius 2 is 2.08 bits per heavy atom. The van der Waals surface area contributed by atoms with E-state index in [0.717, 1.165) is 5.56 Å². The number of aldehydes is 1. The zero-order valence-electron chi connectivity index (χ0n) is 7.35. The quantitative estimate of drug-likeness (QED) is 0.678. The molecule has 0 saturated carbocycles. The van der Waals surface area contributed by atoms with Crippen molar-refractivity contribution in [2.24, 2.45) is 5.73 Å². The van der Waals surface area contributed by atoms with Gasteiger partial charge in [-0.05, 0) is 5.56 Å². The standard InChI is InChI=1S/C10H13NO2/c11-10(6-12)8-13-7-9-4-2-1-3-5-9/h1-6,10H,7-8,11H2/t10-/m0/s1. The number of carbonyl (C=O) groups is 1. The number of hydrogen-bond acceptors (Lipinski definition) is 3. The van der Waals surface area contributed by atoms with E-state index in [2.05, 4.69) is 0 Å². The SMILES string of the molecule is N[C@@H](C=O)COCc1ccccc1. The van der Waals surface area contributed by atoms with Crippen LogP contribution in [-0.2, 0) is 16.1 Å². The molecule has 0 amide bonds. The zero-order valence-corrected chi connectivity index (χ0v) is 7.35. The molecular formula is C10H13NO2. The van der Waals surface area contributed by atoms with Crippen molar-refractivity contribution in [2.45, 2.75) is 12.6 Å². The Morgan fingerprint density at radius 1 is 1.38 bits per heavy atom. The van der Waals surface area contributed by atoms with E-state index in [4.69, 9.17) is 10.5 Å². The van der Waals surface area contributed by atoms with Crippen LogP contribution in [0.3, 0.4) is 0 Å². The van der Waals surface area contributed by atoms with Gasteiger partial charge in [-0.25, -0.2) is 0 Å². The van der Waals surface area contributed by atoms with Crippen molar-refractivity contribution in [1.29, 1.82) is 0 Å². The molecule has 70 valence electrons. The number of ether oxygens (including phenoxy) is 1. The van der Waals surface area contributed by atoms with Crippen LogP contribution < -0.4 is 5.73 Å². The molecule has 0 aliphatic carbocycles. The maximum absolute atomic E-state index is 10.1. The second kappa shape index (κ2) is 5.45. The Labute approximate surface area is 77.5 Å². The average molecular weight is 179 g/mol. The first-order chi connectivity index (χ1) is 6.33. The molecule has 0 radical (unpaired) electrons. The van der Waals surface area contributed by atoms with Crippen molar-refractivity contribution in [1.82, 2.24) is 0 Å². The summed E-state index contributed by atoms with van der Waals surface area (Å²) in [5.41, 5.74) is 6.43. The molecule has 1 rings (SSSR count). The Kier molecular flexibility index (Phi) is 4.15. The van der Waals surface area contributed by atoms with E-state index in [0.29, 0.717) is 12.9 Å². The zero-order chi connectivity index (χ0) is 9.52. The number of nitrogens with two attached hydrogens (primary N) is 1. The molecule has 0 aliphatic rings. The van der Waals surface area contributed by atoms with Crippen molar-refractivity contribution in [2.75, 3.05) is 6.61 Å². The topological polar surface area (TPSA) is 52.3 Å². The van der Waals surface area contributed by atoms with E-state index >= 15 is 0 Å². The fourth-order valence-corrected chi connectivity index (χ4v) is 0.926. The molecule has 0 fully saturated rings. The monoisotopic (exact) mass is 179 g/mol. The molecule has 0 saturated heterocycles. The van der Waals surface area contributed by atoms with Crippen LogP contribution in [0.25, 0.3) is 0 Å². The fourth-order valence-electron chi connectivity index (χ4n) is 0.926. The van der Waals surface area contributed by atoms with Gasteiger partial charge in [-0.15, -0.1) is 0 Å². The van der Waals surface area contributed by atoms with E-state index in [1.807, 2.05) is 30.3 Å². The van der Waals surface area contributed by atoms with Gasteiger partial charge in [0.25, 0.3) is 0 Å². The molecule has 3 nitrogen and oxygen atoms in total. The number of hydrogen-bond donors (Lipinski definition) is 1. The van der Waals surface area contributed by atoms with Crippen molar-refractivity contribution in [3.63, 3.8) is 0 Å². The van der Waals surface area contributed by atoms with Gasteiger partial charge in [0.05, 0.1) is 19.3 Å². The van der Waals surface area contributed by atoms with Gasteiger partial charge >= 0.3 is 0 Å². The minimum atomic E-state index is -0.510. The van der Waals surface area contributed by atoms with Gasteiger partial charge in [0.15, 0.2) is 0 Å². The van der Waals surface area contributed by atoms with Crippen LogP contribution in [0.4, 0.5) is 0 Å². The number of carbonyl (C=O) groups excluding carboxylic acids is 1. The minimum absolute atomic E-state index is 0.276. The van der Waals surface area contributed by atoms with Crippen LogP contribution in [-0.4, -0.2) is 18.9 Å². The second-order valence-electron chi connectivity index (χ2n) is 2.80. The maximum atomic E-state index is 10.1. The second-order valence-corrected chi connectivity index (χ2v) is 2.80. The third kappa shape index (κ3) is 3.83. The van der Waals surface area contributed by atoms with E-state index in [-0.39, 0.29) is 6.61 Å². The van der Waals surface area contributed by atoms with Gasteiger partial charge < -0.3 is 15.3 Å². The highest BCUT2D eigenvalue weighted by molar-refractivity contribution is 5.57. The molecule has 13 heavy (non-hydrogen) atoms. The molecule has 0 bridgehead atoms. The van der Waals surface area contributed by atoms with E-state index in [1.165, 1.54) is 0 Å². The van der Waals surface area contributed by atoms with E-state index < -0.39 is 6.04 Å². The van der Waals surface area contributed by atoms with Gasteiger partial charge in [-0.2, -0.15) is 0 Å². The Bertz CT molecular complexity index is 248. The highest BCUT2D eigenvalue weighted by Crippen LogP contribution is 1.99. The highest BCUT2D eigenvalue weighted by Gasteiger charge is 1.99. The van der Waals surface area contributed by atoms with Gasteiger partial charge in [0, 0.05) is 0 Å². The lowest BCUT2D eigenvalue weighted by Gasteiger charge is -2.05. The van der Waals surface area contributed by atoms with Crippen LogP contribution in [0.2, 0.25) is 0 Å². The predicted octanol–water partition coefficient (Wildman–Crippen LogP) is 0.729. The summed E-state index contributed by atoms with van der Waals surface area (Å²) in [6, 6.07) is 9.25. The summed E-state index contributed by atoms with van der Waals surface area (Å²) in [5.74, 6) is 0. The van der Waals surface area contributed by atoms with Crippen molar-refractivity contribution >= 4 is 6.29 Å². The number of rotatable bonds is 5. The largest absolute Gasteiger partial charge is 0.375 e. The molecule has 0 aliphatic heterocycles. The van der Waals surface area contributed by atoms with Gasteiger partial charge in [0.2, 0.25) is 0 Å². The summed E-state index contributed by atoms with van der Waals surface area (Å²) in [6.45, 7) is 0.779. The van der Waals surface area contributed by atoms with Gasteiger partial charge in [0.1, 0.15) is 6.29 Å². The first kappa shape index (κ1) is 9.89. The molecule has 3 heteroatoms. The molecule has 0 heterocycles. The minimum Gasteiger partial charge on any atom is -0.375 e. The third-order valence-corrected chi connectivity index (χ3v) is 1.60. The summed E-state index contributed by atoms with van der Waals surface area (Å²) >= 11 is 0. The Balaban J connectivity index is 2.24. The summed E-state index contributed by atoms with van der Waals surface area (Å²) in [4.78, 5) is 10.1. The fraction of sp³-hybridized carbons (Fsp3) is 0.300. The molecule has 1 aromatic carbocycles. The molecular weight excluding hydrogens is 166 g/mol. The maximum Gasteiger partial charge on any atom is 0.139 e. The van der Waals surface area contributed by atoms with Crippen molar-refractivity contribution in [3.8, 4) is 0 Å². The first-order valence-corrected chi connectivity index (χ1v) is 4.15. The summed E-state index contributed by atoms with van der Waals surface area (Å²) in [7, 11) is 0. The van der Waals surface area contributed by atoms with Crippen molar-refractivity contribution < 1.29 is 9.53 Å². The lowest BCUT2D eigenvalue weighted by Crippen LogP contribution is -2.27. The summed E-state index contributed by atoms with van der Waals surface area (Å²) < 4.78 is 5.22. The smallest absolute Gasteiger partial charge is 0.139 e. The molecule has 1 atom stereocenters. The van der Waals surface area contributed by atoms with Crippen LogP contribution in [0, 0.1) is 0 Å². The number of benzene rings is 1. The molecule has 2 N–H and O–H groups in total. The van der Waals surface area contributed by atoms with Crippen LogP contribution in [0.15, 0.2) is 30.3 Å². The Hall–Kier alpha value is -1.19. The first-order valence-electron chi connectivity index (χ1n) is 4.15. The molecule has 0 aromatic heterocycles. The van der Waals surface area contributed by atoms with E-state index in [1.54, 1.807) is 0 Å². The average Bonchev–Trinajstić information content (AvgIpc) is 2.19. The predicted molar refractivity (Wildman–Crippen MR) is 50.1 cm³/mol. The van der Waals surface area contributed by atoms with Crippen LogP contribution >= 0.6 is 0 Å². The van der Waals surface area contributed by atoms with Crippen LogP contribution in [0.1, 0.15) is 5.56 Å². The molecule has 0 unspecified atom stereocenters. The molecule has 1 aromatic rings. The van der Waals surface area contributed by atoms with Gasteiger partial charge in [-0.1, -0.05) is 30.3 Å². The Morgan fingerprint density at radius 3 is 2.69 bits per heavy atom. The lowest BCUT2D eigenvalue weighted by molar-refractivity contribution is -0.110. The highest BCUT2D eigenvalue weighted by atomic mass is 16.5. The molecule has 0 spiro atoms. The summed E-state index contributed by atoms with van der Waals surface area (Å²) in [5, 5.41) is 0. The normalized spacial score (nSPS) is 12.4. The van der Waals surface area contributed by atoms with Crippen LogP contribution in [0.5, 0.6) is 0 Å². The van der Waals surface area contributed by atoms with Gasteiger partial charge in [-0.3, -0.25) is 0 Å². The van der Waals surface area contributed by atoms with E-state index in [9.17, 15) is 4.79 Å². The third-order valence-electron chi connectivity index (χ3n) is 1.60. The van der Waals surface area contributed by atoms with Crippen molar-refractivity contribution in [3.05, 3.63) is 35.9 Å².